The predicted octanol–water partition coefficient (Wildman–Crippen LogP) is 3.49. The van der Waals surface area contributed by atoms with Gasteiger partial charge >= 0.3 is 0 Å². The number of carbonyl (C=O) groups is 1. The van der Waals surface area contributed by atoms with Crippen LogP contribution in [-0.4, -0.2) is 30.5 Å². The molecule has 0 radical (unpaired) electrons. The molecule has 0 atom stereocenters. The summed E-state index contributed by atoms with van der Waals surface area (Å²) >= 11 is 11.6. The average Bonchev–Trinajstić information content (AvgIpc) is 3.34. The lowest BCUT2D eigenvalue weighted by atomic mass is 10.2. The topological polar surface area (TPSA) is 80.5 Å². The summed E-state index contributed by atoms with van der Waals surface area (Å²) in [5.41, 5.74) is 1.31. The van der Waals surface area contributed by atoms with Crippen LogP contribution in [0.3, 0.4) is 0 Å². The highest BCUT2D eigenvalue weighted by molar-refractivity contribution is 7.71. The third-order valence-electron chi connectivity index (χ3n) is 4.40. The first-order chi connectivity index (χ1) is 13.0. The van der Waals surface area contributed by atoms with Gasteiger partial charge in [0.25, 0.3) is 5.91 Å². The predicted molar refractivity (Wildman–Crippen MR) is 100 cm³/mol. The van der Waals surface area contributed by atoms with Gasteiger partial charge in [-0.15, -0.1) is 0 Å². The van der Waals surface area contributed by atoms with Gasteiger partial charge in [-0.05, 0) is 56.2 Å². The van der Waals surface area contributed by atoms with Crippen LogP contribution in [0.5, 0.6) is 0 Å². The molecule has 10 heteroatoms. The summed E-state index contributed by atoms with van der Waals surface area (Å²) in [6.07, 6.45) is 2.12. The van der Waals surface area contributed by atoms with Crippen LogP contribution in [-0.2, 0) is 6.54 Å². The first-order valence-electron chi connectivity index (χ1n) is 8.40. The smallest absolute Gasteiger partial charge is 0.256 e. The maximum Gasteiger partial charge on any atom is 0.256 e. The number of rotatable bonds is 5. The van der Waals surface area contributed by atoms with Gasteiger partial charge in [0.15, 0.2) is 10.6 Å². The van der Waals surface area contributed by atoms with Crippen molar-refractivity contribution in [2.45, 2.75) is 32.4 Å². The zero-order valence-electron chi connectivity index (χ0n) is 14.4. The Morgan fingerprint density at radius 3 is 2.78 bits per heavy atom. The Bertz CT molecular complexity index is 1070. The molecule has 1 saturated carbocycles. The number of nitrogens with zero attached hydrogens (tertiary/aromatic N) is 4. The zero-order chi connectivity index (χ0) is 19.1. The molecule has 2 aromatic heterocycles. The number of hydrogen-bond acceptors (Lipinski definition) is 4. The maximum atomic E-state index is 13.1. The van der Waals surface area contributed by atoms with E-state index in [9.17, 15) is 9.18 Å². The summed E-state index contributed by atoms with van der Waals surface area (Å²) in [5.74, 6) is -0.0431. The van der Waals surface area contributed by atoms with Crippen molar-refractivity contribution < 1.29 is 9.18 Å². The second-order valence-corrected chi connectivity index (χ2v) is 7.11. The Morgan fingerprint density at radius 1 is 1.41 bits per heavy atom. The van der Waals surface area contributed by atoms with Crippen molar-refractivity contribution >= 4 is 29.7 Å². The fraction of sp³-hybridized carbons (Fsp3) is 0.294. The van der Waals surface area contributed by atoms with Gasteiger partial charge in [0.05, 0.1) is 23.5 Å². The summed E-state index contributed by atoms with van der Waals surface area (Å²) in [4.78, 5) is 12.7. The number of aromatic amines is 1. The second kappa shape index (κ2) is 6.90. The lowest BCUT2D eigenvalue weighted by Crippen LogP contribution is -2.25. The number of aryl methyl sites for hydroxylation is 1. The second-order valence-electron chi connectivity index (χ2n) is 6.37. The first-order valence-corrected chi connectivity index (χ1v) is 9.19. The number of benzene rings is 1. The number of nitrogens with one attached hydrogen (secondary N) is 2. The van der Waals surface area contributed by atoms with E-state index >= 15 is 0 Å². The van der Waals surface area contributed by atoms with Crippen molar-refractivity contribution in [1.82, 2.24) is 29.9 Å². The molecular weight excluding hydrogens is 391 g/mol. The Kier molecular flexibility index (Phi) is 4.56. The van der Waals surface area contributed by atoms with Crippen molar-refractivity contribution in [3.05, 3.63) is 57.1 Å². The molecule has 1 aromatic carbocycles. The highest BCUT2D eigenvalue weighted by Crippen LogP contribution is 2.35. The molecule has 0 spiro atoms. The third-order valence-corrected chi connectivity index (χ3v) is 5.04. The Balaban J connectivity index is 1.56. The largest absolute Gasteiger partial charge is 0.345 e. The lowest BCUT2D eigenvalue weighted by molar-refractivity contribution is 0.0949. The molecule has 7 nitrogen and oxygen atoms in total. The van der Waals surface area contributed by atoms with Gasteiger partial charge in [-0.2, -0.15) is 10.2 Å². The van der Waals surface area contributed by atoms with E-state index in [1.807, 2.05) is 4.57 Å². The average molecular weight is 407 g/mol. The van der Waals surface area contributed by atoms with Crippen molar-refractivity contribution in [2.24, 2.45) is 0 Å². The fourth-order valence-corrected chi connectivity index (χ4v) is 3.59. The van der Waals surface area contributed by atoms with Gasteiger partial charge in [-0.25, -0.2) is 9.07 Å². The molecule has 0 unspecified atom stereocenters. The van der Waals surface area contributed by atoms with Crippen LogP contribution in [0.25, 0.3) is 5.69 Å². The molecule has 4 rings (SSSR count). The molecule has 1 fully saturated rings. The number of aromatic nitrogens is 5. The van der Waals surface area contributed by atoms with Crippen LogP contribution in [0.15, 0.2) is 24.3 Å². The van der Waals surface area contributed by atoms with E-state index in [0.29, 0.717) is 28.0 Å². The Hall–Kier alpha value is -2.52. The molecule has 0 saturated heterocycles. The summed E-state index contributed by atoms with van der Waals surface area (Å²) < 4.78 is 17.0. The van der Waals surface area contributed by atoms with Crippen LogP contribution in [0.4, 0.5) is 4.39 Å². The van der Waals surface area contributed by atoms with Crippen LogP contribution < -0.4 is 5.32 Å². The Morgan fingerprint density at radius 2 is 2.11 bits per heavy atom. The normalized spacial score (nSPS) is 13.7. The van der Waals surface area contributed by atoms with Gasteiger partial charge in [0, 0.05) is 6.04 Å². The van der Waals surface area contributed by atoms with Crippen molar-refractivity contribution in [1.29, 1.82) is 0 Å². The summed E-state index contributed by atoms with van der Waals surface area (Å²) in [6, 6.07) is 6.06. The monoisotopic (exact) mass is 406 g/mol. The fourth-order valence-electron chi connectivity index (χ4n) is 2.93. The van der Waals surface area contributed by atoms with Crippen LogP contribution in [0.1, 0.15) is 40.8 Å². The molecule has 1 aliphatic rings. The SMILES string of the molecule is Cc1nn(-c2ccc(F)cc2)c(Cl)c1C(=O)NCc1n[nH]c(=S)n1C1CC1. The highest BCUT2D eigenvalue weighted by atomic mass is 35.5. The minimum atomic E-state index is -0.360. The minimum Gasteiger partial charge on any atom is -0.345 e. The van der Waals surface area contributed by atoms with Crippen molar-refractivity contribution in [2.75, 3.05) is 0 Å². The van der Waals surface area contributed by atoms with E-state index in [1.54, 1.807) is 19.1 Å². The molecule has 0 bridgehead atoms. The number of amides is 1. The molecule has 140 valence electrons. The maximum absolute atomic E-state index is 13.1. The molecule has 1 aliphatic carbocycles. The molecule has 2 heterocycles. The van der Waals surface area contributed by atoms with Gasteiger partial charge in [-0.1, -0.05) is 11.6 Å². The number of H-pyrrole nitrogens is 1. The van der Waals surface area contributed by atoms with E-state index in [1.165, 1.54) is 16.8 Å². The quantitative estimate of drug-likeness (QED) is 0.635. The molecular formula is C17H16ClFN6OS. The highest BCUT2D eigenvalue weighted by Gasteiger charge is 2.28. The van der Waals surface area contributed by atoms with Gasteiger partial charge in [0.2, 0.25) is 0 Å². The van der Waals surface area contributed by atoms with Crippen molar-refractivity contribution in [3.8, 4) is 5.69 Å². The lowest BCUT2D eigenvalue weighted by Gasteiger charge is -2.07. The van der Waals surface area contributed by atoms with E-state index in [2.05, 4.69) is 20.6 Å². The van der Waals surface area contributed by atoms with Crippen LogP contribution >= 0.6 is 23.8 Å². The minimum absolute atomic E-state index is 0.165. The number of hydrogen-bond donors (Lipinski definition) is 2. The summed E-state index contributed by atoms with van der Waals surface area (Å²) in [6.45, 7) is 1.92. The number of carbonyl (C=O) groups excluding carboxylic acids is 1. The zero-order valence-corrected chi connectivity index (χ0v) is 15.9. The molecule has 3 aromatic rings. The molecule has 1 amide bonds. The molecule has 2 N–H and O–H groups in total. The third kappa shape index (κ3) is 3.40. The molecule has 27 heavy (non-hydrogen) atoms. The molecule has 0 aliphatic heterocycles. The van der Waals surface area contributed by atoms with Crippen molar-refractivity contribution in [3.63, 3.8) is 0 Å². The summed E-state index contributed by atoms with van der Waals surface area (Å²) in [7, 11) is 0. The summed E-state index contributed by atoms with van der Waals surface area (Å²) in [5, 5.41) is 14.2. The Labute approximate surface area is 164 Å². The van der Waals surface area contributed by atoms with E-state index in [4.69, 9.17) is 23.8 Å². The van der Waals surface area contributed by atoms with Crippen LogP contribution in [0.2, 0.25) is 5.15 Å². The van der Waals surface area contributed by atoms with E-state index in [0.717, 1.165) is 12.8 Å². The first kappa shape index (κ1) is 17.9. The van der Waals surface area contributed by atoms with Crippen LogP contribution in [0, 0.1) is 17.5 Å². The number of halogens is 2. The van der Waals surface area contributed by atoms with Gasteiger partial charge in [0.1, 0.15) is 11.0 Å². The van der Waals surface area contributed by atoms with E-state index in [-0.39, 0.29) is 29.0 Å². The van der Waals surface area contributed by atoms with Gasteiger partial charge < -0.3 is 5.32 Å². The van der Waals surface area contributed by atoms with Gasteiger partial charge in [-0.3, -0.25) is 14.5 Å². The standard InChI is InChI=1S/C17H16ClFN6OS/c1-9-14(15(18)25(23-9)12-4-2-10(19)3-5-12)16(26)20-8-13-21-22-17(27)24(13)11-6-7-11/h2-5,11H,6-8H2,1H3,(H,20,26)(H,22,27). The van der Waals surface area contributed by atoms with E-state index < -0.39 is 0 Å².